The van der Waals surface area contributed by atoms with E-state index in [2.05, 4.69) is 27.5 Å². The predicted octanol–water partition coefficient (Wildman–Crippen LogP) is 3.55. The average Bonchev–Trinajstić information content (AvgIpc) is 2.69. The highest BCUT2D eigenvalue weighted by molar-refractivity contribution is 6.31. The first kappa shape index (κ1) is 19.7. The van der Waals surface area contributed by atoms with Crippen molar-refractivity contribution in [2.24, 2.45) is 0 Å². The Balaban J connectivity index is 1.61. The fraction of sp³-hybridized carbons (Fsp3) is 0.238. The van der Waals surface area contributed by atoms with Gasteiger partial charge in [0.15, 0.2) is 0 Å². The lowest BCUT2D eigenvalue weighted by molar-refractivity contribution is -0.112. The molecule has 7 heteroatoms. The number of hydrogen-bond donors (Lipinski definition) is 2. The smallest absolute Gasteiger partial charge is 0.267 e. The largest absolute Gasteiger partial charge is 0.369 e. The maximum Gasteiger partial charge on any atom is 0.267 e. The number of carbonyl (C=O) groups is 1. The number of hydrogen-bond acceptors (Lipinski definition) is 5. The summed E-state index contributed by atoms with van der Waals surface area (Å²) in [5, 5.41) is 15.5. The zero-order valence-corrected chi connectivity index (χ0v) is 16.4. The molecule has 1 heterocycles. The van der Waals surface area contributed by atoms with Crippen molar-refractivity contribution in [3.63, 3.8) is 0 Å². The summed E-state index contributed by atoms with van der Waals surface area (Å²) < 4.78 is 0. The van der Waals surface area contributed by atoms with Gasteiger partial charge in [0, 0.05) is 54.5 Å². The van der Waals surface area contributed by atoms with Gasteiger partial charge < -0.3 is 20.4 Å². The molecule has 6 nitrogen and oxygen atoms in total. The van der Waals surface area contributed by atoms with Crippen LogP contribution in [0.25, 0.3) is 0 Å². The molecule has 1 aliphatic rings. The van der Waals surface area contributed by atoms with Crippen LogP contribution in [-0.2, 0) is 4.79 Å². The number of nitrogens with one attached hydrogen (secondary N) is 2. The number of carbonyl (C=O) groups excluding carboxylic acids is 1. The highest BCUT2D eigenvalue weighted by atomic mass is 35.5. The molecule has 1 fully saturated rings. The van der Waals surface area contributed by atoms with E-state index in [1.807, 2.05) is 30.3 Å². The third kappa shape index (κ3) is 5.26. The molecule has 0 unspecified atom stereocenters. The Hall–Kier alpha value is -3.01. The third-order valence-corrected chi connectivity index (χ3v) is 4.80. The molecule has 0 spiro atoms. The monoisotopic (exact) mass is 395 g/mol. The van der Waals surface area contributed by atoms with Gasteiger partial charge in [-0.25, -0.2) is 0 Å². The summed E-state index contributed by atoms with van der Waals surface area (Å²) in [7, 11) is 2.13. The van der Waals surface area contributed by atoms with Crippen LogP contribution in [0.4, 0.5) is 17.1 Å². The second-order valence-corrected chi connectivity index (χ2v) is 7.05. The molecule has 1 aliphatic heterocycles. The summed E-state index contributed by atoms with van der Waals surface area (Å²) in [6.07, 6.45) is 1.41. The molecule has 2 N–H and O–H groups in total. The Kier molecular flexibility index (Phi) is 6.53. The number of anilines is 3. The Morgan fingerprint density at radius 2 is 1.82 bits per heavy atom. The van der Waals surface area contributed by atoms with Crippen LogP contribution in [-0.4, -0.2) is 44.0 Å². The zero-order valence-electron chi connectivity index (χ0n) is 15.7. The molecule has 0 aliphatic carbocycles. The number of nitrogens with zero attached hydrogens (tertiary/aromatic N) is 3. The van der Waals surface area contributed by atoms with Crippen LogP contribution in [0.3, 0.4) is 0 Å². The van der Waals surface area contributed by atoms with Gasteiger partial charge in [-0.3, -0.25) is 4.79 Å². The molecule has 2 aromatic rings. The minimum Gasteiger partial charge on any atom is -0.369 e. The number of nitriles is 1. The Labute approximate surface area is 170 Å². The number of piperazine rings is 1. The van der Waals surface area contributed by atoms with Crippen LogP contribution < -0.4 is 15.5 Å². The minimum atomic E-state index is -0.494. The van der Waals surface area contributed by atoms with Crippen molar-refractivity contribution in [1.82, 2.24) is 4.90 Å². The van der Waals surface area contributed by atoms with E-state index in [0.29, 0.717) is 10.7 Å². The first-order valence-corrected chi connectivity index (χ1v) is 9.40. The Bertz CT molecular complexity index is 896. The topological polar surface area (TPSA) is 71.4 Å². The van der Waals surface area contributed by atoms with E-state index in [-0.39, 0.29) is 5.57 Å². The van der Waals surface area contributed by atoms with Crippen LogP contribution in [0.5, 0.6) is 0 Å². The number of likely N-dealkylation sites (N-methyl/N-ethyl adjacent to an activating group) is 1. The average molecular weight is 396 g/mol. The van der Waals surface area contributed by atoms with Gasteiger partial charge in [0.25, 0.3) is 5.91 Å². The molecule has 0 saturated carbocycles. The third-order valence-electron chi connectivity index (χ3n) is 4.57. The summed E-state index contributed by atoms with van der Waals surface area (Å²) in [6.45, 7) is 4.11. The van der Waals surface area contributed by atoms with E-state index in [9.17, 15) is 10.1 Å². The number of halogens is 1. The second-order valence-electron chi connectivity index (χ2n) is 6.62. The summed E-state index contributed by atoms with van der Waals surface area (Å²) >= 11 is 5.91. The molecular weight excluding hydrogens is 374 g/mol. The van der Waals surface area contributed by atoms with Crippen LogP contribution in [0.1, 0.15) is 0 Å². The molecule has 0 atom stereocenters. The summed E-state index contributed by atoms with van der Waals surface area (Å²) in [4.78, 5) is 16.9. The first-order chi connectivity index (χ1) is 13.5. The van der Waals surface area contributed by atoms with Gasteiger partial charge >= 0.3 is 0 Å². The van der Waals surface area contributed by atoms with Crippen molar-refractivity contribution in [2.45, 2.75) is 0 Å². The van der Waals surface area contributed by atoms with E-state index in [4.69, 9.17) is 11.6 Å². The molecule has 0 bridgehead atoms. The van der Waals surface area contributed by atoms with E-state index in [0.717, 1.165) is 31.9 Å². The zero-order chi connectivity index (χ0) is 19.9. The molecule has 0 aromatic heterocycles. The maximum atomic E-state index is 12.3. The summed E-state index contributed by atoms with van der Waals surface area (Å²) in [5.41, 5.74) is 2.49. The fourth-order valence-electron chi connectivity index (χ4n) is 2.90. The molecule has 2 aromatic carbocycles. The molecule has 144 valence electrons. The van der Waals surface area contributed by atoms with Crippen molar-refractivity contribution < 1.29 is 4.79 Å². The van der Waals surface area contributed by atoms with E-state index in [1.54, 1.807) is 24.3 Å². The van der Waals surface area contributed by atoms with Gasteiger partial charge in [-0.1, -0.05) is 17.7 Å². The standard InChI is InChI=1S/C21H22ClN5O/c1-26-9-11-27(12-10-26)20-7-5-18(6-8-20)24-15-16(14-23)21(28)25-19-4-2-3-17(22)13-19/h2-8,13,15,24H,9-12H2,1H3,(H,25,28)/b16-15-. The lowest BCUT2D eigenvalue weighted by Crippen LogP contribution is -2.44. The molecule has 1 amide bonds. The van der Waals surface area contributed by atoms with Crippen LogP contribution in [0.15, 0.2) is 60.3 Å². The number of benzene rings is 2. The molecule has 1 saturated heterocycles. The molecule has 0 radical (unpaired) electrons. The second kappa shape index (κ2) is 9.27. The Morgan fingerprint density at radius 3 is 2.46 bits per heavy atom. The summed E-state index contributed by atoms with van der Waals surface area (Å²) in [5.74, 6) is -0.494. The molecule has 28 heavy (non-hydrogen) atoms. The van der Waals surface area contributed by atoms with Gasteiger partial charge in [-0.05, 0) is 49.5 Å². The quantitative estimate of drug-likeness (QED) is 0.598. The lowest BCUT2D eigenvalue weighted by atomic mass is 10.2. The lowest BCUT2D eigenvalue weighted by Gasteiger charge is -2.34. The van der Waals surface area contributed by atoms with E-state index >= 15 is 0 Å². The normalized spacial score (nSPS) is 15.0. The van der Waals surface area contributed by atoms with Gasteiger partial charge in [-0.2, -0.15) is 5.26 Å². The molecule has 3 rings (SSSR count). The fourth-order valence-corrected chi connectivity index (χ4v) is 3.09. The number of rotatable bonds is 5. The molecular formula is C21H22ClN5O. The van der Waals surface area contributed by atoms with Crippen molar-refractivity contribution in [3.8, 4) is 6.07 Å². The SMILES string of the molecule is CN1CCN(c2ccc(N/C=C(/C#N)C(=O)Nc3cccc(Cl)c3)cc2)CC1. The van der Waals surface area contributed by atoms with E-state index < -0.39 is 5.91 Å². The van der Waals surface area contributed by atoms with Crippen molar-refractivity contribution >= 4 is 34.6 Å². The maximum absolute atomic E-state index is 12.3. The van der Waals surface area contributed by atoms with E-state index in [1.165, 1.54) is 11.9 Å². The van der Waals surface area contributed by atoms with Crippen molar-refractivity contribution in [1.29, 1.82) is 5.26 Å². The highest BCUT2D eigenvalue weighted by Crippen LogP contribution is 2.20. The highest BCUT2D eigenvalue weighted by Gasteiger charge is 2.14. The van der Waals surface area contributed by atoms with Gasteiger partial charge in [-0.15, -0.1) is 0 Å². The van der Waals surface area contributed by atoms with Crippen LogP contribution in [0, 0.1) is 11.3 Å². The predicted molar refractivity (Wildman–Crippen MR) is 114 cm³/mol. The van der Waals surface area contributed by atoms with Crippen LogP contribution in [0.2, 0.25) is 5.02 Å². The summed E-state index contributed by atoms with van der Waals surface area (Å²) in [6, 6.07) is 16.7. The number of amides is 1. The van der Waals surface area contributed by atoms with Crippen molar-refractivity contribution in [3.05, 3.63) is 65.3 Å². The Morgan fingerprint density at radius 1 is 1.11 bits per heavy atom. The minimum absolute atomic E-state index is 0.0249. The van der Waals surface area contributed by atoms with Crippen LogP contribution >= 0.6 is 11.6 Å². The first-order valence-electron chi connectivity index (χ1n) is 9.02. The van der Waals surface area contributed by atoms with Gasteiger partial charge in [0.1, 0.15) is 11.6 Å². The van der Waals surface area contributed by atoms with Gasteiger partial charge in [0.05, 0.1) is 0 Å². The van der Waals surface area contributed by atoms with Gasteiger partial charge in [0.2, 0.25) is 0 Å². The van der Waals surface area contributed by atoms with Crippen molar-refractivity contribution in [2.75, 3.05) is 48.8 Å².